The molecule has 1 aromatic rings. The Labute approximate surface area is 116 Å². The Morgan fingerprint density at radius 2 is 2.05 bits per heavy atom. The summed E-state index contributed by atoms with van der Waals surface area (Å²) in [6.07, 6.45) is 0. The summed E-state index contributed by atoms with van der Waals surface area (Å²) in [5.74, 6) is -0.262. The fraction of sp³-hybridized carbons (Fsp3) is 0.462. The predicted octanol–water partition coefficient (Wildman–Crippen LogP) is 1.85. The number of halogens is 2. The minimum atomic E-state index is -2.91. The highest BCUT2D eigenvalue weighted by molar-refractivity contribution is 5.81. The molecule has 2 N–H and O–H groups in total. The van der Waals surface area contributed by atoms with Crippen LogP contribution >= 0.6 is 0 Å². The molecule has 5 nitrogen and oxygen atoms in total. The lowest BCUT2D eigenvalue weighted by atomic mass is 10.3. The monoisotopic (exact) mass is 288 g/mol. The number of ether oxygens (including phenoxy) is 2. The summed E-state index contributed by atoms with van der Waals surface area (Å²) in [4.78, 5) is 11.6. The molecule has 0 unspecified atom stereocenters. The van der Waals surface area contributed by atoms with Gasteiger partial charge in [-0.1, -0.05) is 12.1 Å². The van der Waals surface area contributed by atoms with E-state index < -0.39 is 6.61 Å². The van der Waals surface area contributed by atoms with E-state index in [1.807, 2.05) is 0 Å². The van der Waals surface area contributed by atoms with Crippen molar-refractivity contribution >= 4 is 11.6 Å². The minimum Gasteiger partial charge on any atom is -0.433 e. The van der Waals surface area contributed by atoms with Crippen LogP contribution in [0.2, 0.25) is 0 Å². The molecule has 0 aromatic heterocycles. The number of anilines is 1. The van der Waals surface area contributed by atoms with E-state index in [1.54, 1.807) is 32.2 Å². The van der Waals surface area contributed by atoms with Gasteiger partial charge in [0, 0.05) is 13.2 Å². The number of para-hydroxylation sites is 2. The highest BCUT2D eigenvalue weighted by Gasteiger charge is 2.11. The Morgan fingerprint density at radius 3 is 2.70 bits per heavy atom. The van der Waals surface area contributed by atoms with Gasteiger partial charge in [-0.2, -0.15) is 8.78 Å². The first-order valence-electron chi connectivity index (χ1n) is 6.09. The third-order valence-corrected chi connectivity index (χ3v) is 2.37. The van der Waals surface area contributed by atoms with Gasteiger partial charge >= 0.3 is 6.61 Å². The van der Waals surface area contributed by atoms with Gasteiger partial charge in [-0.15, -0.1) is 0 Å². The normalized spacial score (nSPS) is 12.1. The molecule has 0 heterocycles. The summed E-state index contributed by atoms with van der Waals surface area (Å²) >= 11 is 0. The van der Waals surface area contributed by atoms with Crippen molar-refractivity contribution in [1.29, 1.82) is 0 Å². The second-order valence-corrected chi connectivity index (χ2v) is 4.15. The summed E-state index contributed by atoms with van der Waals surface area (Å²) in [6, 6.07) is 6.07. The van der Waals surface area contributed by atoms with Crippen molar-refractivity contribution in [3.63, 3.8) is 0 Å². The van der Waals surface area contributed by atoms with Gasteiger partial charge < -0.3 is 20.1 Å². The van der Waals surface area contributed by atoms with E-state index in [9.17, 15) is 13.6 Å². The molecule has 1 rings (SSSR count). The lowest BCUT2D eigenvalue weighted by Gasteiger charge is -2.15. The van der Waals surface area contributed by atoms with Gasteiger partial charge in [0.05, 0.1) is 18.8 Å². The van der Waals surface area contributed by atoms with Crippen LogP contribution in [0.4, 0.5) is 14.5 Å². The van der Waals surface area contributed by atoms with E-state index in [0.29, 0.717) is 12.3 Å². The highest BCUT2D eigenvalue weighted by Crippen LogP contribution is 2.25. The van der Waals surface area contributed by atoms with Gasteiger partial charge in [-0.25, -0.2) is 0 Å². The number of nitrogens with one attached hydrogen (secondary N) is 2. The summed E-state index contributed by atoms with van der Waals surface area (Å²) in [5.41, 5.74) is 0.336. The number of amides is 1. The van der Waals surface area contributed by atoms with E-state index in [2.05, 4.69) is 15.4 Å². The van der Waals surface area contributed by atoms with Crippen LogP contribution in [-0.4, -0.2) is 38.8 Å². The number of benzene rings is 1. The third kappa shape index (κ3) is 5.83. The molecule has 0 spiro atoms. The zero-order valence-corrected chi connectivity index (χ0v) is 11.4. The fourth-order valence-electron chi connectivity index (χ4n) is 1.60. The Balaban J connectivity index is 2.50. The first-order valence-corrected chi connectivity index (χ1v) is 6.09. The first-order chi connectivity index (χ1) is 9.52. The van der Waals surface area contributed by atoms with Gasteiger partial charge in [0.1, 0.15) is 5.75 Å². The number of alkyl halides is 2. The van der Waals surface area contributed by atoms with Crippen LogP contribution in [0.3, 0.4) is 0 Å². The zero-order valence-electron chi connectivity index (χ0n) is 11.4. The molecule has 20 heavy (non-hydrogen) atoms. The molecule has 0 saturated carbocycles. The summed E-state index contributed by atoms with van der Waals surface area (Å²) < 4.78 is 33.7. The quantitative estimate of drug-likeness (QED) is 0.766. The van der Waals surface area contributed by atoms with Gasteiger partial charge in [0.2, 0.25) is 5.91 Å². The van der Waals surface area contributed by atoms with E-state index >= 15 is 0 Å². The molecule has 0 saturated heterocycles. The standard InChI is InChI=1S/C13H18F2N2O3/c1-9(8-19-2)17-12(18)7-16-10-5-3-4-6-11(10)20-13(14)15/h3-6,9,13,16H,7-8H2,1-2H3,(H,17,18)/t9-/m1/s1. The van der Waals surface area contributed by atoms with Crippen LogP contribution in [0.5, 0.6) is 5.75 Å². The highest BCUT2D eigenvalue weighted by atomic mass is 19.3. The molecule has 0 aliphatic carbocycles. The first kappa shape index (κ1) is 16.2. The molecule has 0 aliphatic heterocycles. The van der Waals surface area contributed by atoms with Crippen LogP contribution in [0, 0.1) is 0 Å². The maximum Gasteiger partial charge on any atom is 0.387 e. The van der Waals surface area contributed by atoms with Crippen molar-refractivity contribution < 1.29 is 23.0 Å². The van der Waals surface area contributed by atoms with E-state index in [1.165, 1.54) is 6.07 Å². The zero-order chi connectivity index (χ0) is 15.0. The Hall–Kier alpha value is -1.89. The fourth-order valence-corrected chi connectivity index (χ4v) is 1.60. The Morgan fingerprint density at radius 1 is 1.35 bits per heavy atom. The van der Waals surface area contributed by atoms with Gasteiger partial charge in [0.25, 0.3) is 0 Å². The second kappa shape index (κ2) is 8.31. The summed E-state index contributed by atoms with van der Waals surface area (Å²) in [7, 11) is 1.54. The average Bonchev–Trinajstić information content (AvgIpc) is 2.37. The molecular weight excluding hydrogens is 270 g/mol. The minimum absolute atomic E-state index is 0.000222. The SMILES string of the molecule is COC[C@@H](C)NC(=O)CNc1ccccc1OC(F)F. The second-order valence-electron chi connectivity index (χ2n) is 4.15. The number of rotatable bonds is 8. The number of hydrogen-bond donors (Lipinski definition) is 2. The molecule has 1 aromatic carbocycles. The Kier molecular flexibility index (Phi) is 6.72. The predicted molar refractivity (Wildman–Crippen MR) is 71.0 cm³/mol. The van der Waals surface area contributed by atoms with Crippen molar-refractivity contribution in [2.45, 2.75) is 19.6 Å². The topological polar surface area (TPSA) is 59.6 Å². The number of hydrogen-bond acceptors (Lipinski definition) is 4. The van der Waals surface area contributed by atoms with Gasteiger partial charge in [0.15, 0.2) is 0 Å². The van der Waals surface area contributed by atoms with E-state index in [4.69, 9.17) is 4.74 Å². The van der Waals surface area contributed by atoms with Crippen molar-refractivity contribution in [2.24, 2.45) is 0 Å². The van der Waals surface area contributed by atoms with Gasteiger partial charge in [-0.3, -0.25) is 4.79 Å². The van der Waals surface area contributed by atoms with Crippen LogP contribution in [0.25, 0.3) is 0 Å². The molecule has 0 bridgehead atoms. The summed E-state index contributed by atoms with van der Waals surface area (Å²) in [5, 5.41) is 5.45. The maximum atomic E-state index is 12.2. The van der Waals surface area contributed by atoms with Crippen LogP contribution in [0.15, 0.2) is 24.3 Å². The average molecular weight is 288 g/mol. The molecule has 7 heteroatoms. The largest absolute Gasteiger partial charge is 0.433 e. The third-order valence-electron chi connectivity index (χ3n) is 2.37. The Bertz CT molecular complexity index is 430. The van der Waals surface area contributed by atoms with Crippen molar-refractivity contribution in [1.82, 2.24) is 5.32 Å². The molecule has 0 radical (unpaired) electrons. The number of carbonyl (C=O) groups excluding carboxylic acids is 1. The molecule has 1 amide bonds. The molecule has 112 valence electrons. The van der Waals surface area contributed by atoms with Gasteiger partial charge in [-0.05, 0) is 19.1 Å². The molecule has 1 atom stereocenters. The van der Waals surface area contributed by atoms with Crippen molar-refractivity contribution in [3.8, 4) is 5.75 Å². The van der Waals surface area contributed by atoms with E-state index in [0.717, 1.165) is 0 Å². The molecule has 0 fully saturated rings. The maximum absolute atomic E-state index is 12.2. The smallest absolute Gasteiger partial charge is 0.387 e. The van der Waals surface area contributed by atoms with Crippen molar-refractivity contribution in [2.75, 3.05) is 25.6 Å². The van der Waals surface area contributed by atoms with Crippen LogP contribution < -0.4 is 15.4 Å². The number of methoxy groups -OCH3 is 1. The number of carbonyl (C=O) groups is 1. The van der Waals surface area contributed by atoms with Crippen LogP contribution in [0.1, 0.15) is 6.92 Å². The van der Waals surface area contributed by atoms with Crippen molar-refractivity contribution in [3.05, 3.63) is 24.3 Å². The molecular formula is C13H18F2N2O3. The van der Waals surface area contributed by atoms with E-state index in [-0.39, 0.29) is 24.2 Å². The lowest BCUT2D eigenvalue weighted by molar-refractivity contribution is -0.120. The summed E-state index contributed by atoms with van der Waals surface area (Å²) in [6.45, 7) is -0.752. The van der Waals surface area contributed by atoms with Crippen LogP contribution in [-0.2, 0) is 9.53 Å². The lowest BCUT2D eigenvalue weighted by Crippen LogP contribution is -2.39. The molecule has 0 aliphatic rings.